The first kappa shape index (κ1) is 31.5. The third-order valence-corrected chi connectivity index (χ3v) is 11.2. The summed E-state index contributed by atoms with van der Waals surface area (Å²) in [6.45, 7) is 0. The van der Waals surface area contributed by atoms with Crippen molar-refractivity contribution in [2.45, 2.75) is 0 Å². The Morgan fingerprint density at radius 3 is 1.46 bits per heavy atom. The smallest absolute Gasteiger partial charge is 0.164 e. The molecule has 4 heterocycles. The van der Waals surface area contributed by atoms with Crippen molar-refractivity contribution in [2.75, 3.05) is 0 Å². The molecule has 12 aromatic rings. The summed E-state index contributed by atoms with van der Waals surface area (Å²) in [6.07, 6.45) is 0. The van der Waals surface area contributed by atoms with Crippen LogP contribution in [-0.2, 0) is 0 Å². The monoisotopic (exact) mass is 729 g/mol. The number of benzene rings is 8. The van der Waals surface area contributed by atoms with Gasteiger partial charge in [-0.2, -0.15) is 0 Å². The van der Waals surface area contributed by atoms with E-state index < -0.39 is 0 Å². The Morgan fingerprint density at radius 1 is 0.298 bits per heavy atom. The van der Waals surface area contributed by atoms with E-state index in [2.05, 4.69) is 137 Å². The molecular weight excluding hydrogens is 699 g/mol. The molecule has 0 fully saturated rings. The van der Waals surface area contributed by atoms with Crippen molar-refractivity contribution >= 4 is 65.6 Å². The number of aromatic nitrogens is 5. The van der Waals surface area contributed by atoms with Gasteiger partial charge in [-0.15, -0.1) is 0 Å². The van der Waals surface area contributed by atoms with Crippen LogP contribution in [0.1, 0.15) is 0 Å². The first-order chi connectivity index (χ1) is 28.2. The molecule has 8 aromatic carbocycles. The SMILES string of the molecule is c1ccc(-c2nc(-c3ccccc3)nc(-c3ccc4c5cc6c(cc5n(-c5ccccc5)c4c3)oc3ccc(-n4c5ccccc5c5ccccc54)cc36)n2)cc1. The molecule has 0 saturated heterocycles. The van der Waals surface area contributed by atoms with Crippen molar-refractivity contribution in [3.05, 3.63) is 188 Å². The van der Waals surface area contributed by atoms with Crippen LogP contribution >= 0.6 is 0 Å². The summed E-state index contributed by atoms with van der Waals surface area (Å²) in [5, 5.41) is 6.91. The van der Waals surface area contributed by atoms with Gasteiger partial charge in [0.15, 0.2) is 17.5 Å². The molecule has 12 rings (SSSR count). The highest BCUT2D eigenvalue weighted by molar-refractivity contribution is 6.18. The van der Waals surface area contributed by atoms with E-state index in [1.165, 1.54) is 21.8 Å². The standard InChI is InChI=1S/C51H31N5O/c1-4-14-32(15-5-1)49-52-50(33-16-6-2-7-17-33)54-51(53-49)34-24-26-39-40-30-42-41-29-36(56-43-22-12-10-20-37(43)38-21-11-13-23-44(38)56)25-27-47(41)57-48(42)31-46(40)55(45(39)28-34)35-18-8-3-9-19-35/h1-31H. The Labute approximate surface area is 326 Å². The summed E-state index contributed by atoms with van der Waals surface area (Å²) in [5.41, 5.74) is 11.1. The molecule has 0 amide bonds. The Kier molecular flexibility index (Phi) is 6.83. The minimum absolute atomic E-state index is 0.617. The van der Waals surface area contributed by atoms with Crippen LogP contribution in [0, 0.1) is 0 Å². The first-order valence-corrected chi connectivity index (χ1v) is 19.1. The van der Waals surface area contributed by atoms with Crippen molar-refractivity contribution in [1.29, 1.82) is 0 Å². The average Bonchev–Trinajstić information content (AvgIpc) is 3.92. The number of hydrogen-bond acceptors (Lipinski definition) is 4. The van der Waals surface area contributed by atoms with Crippen LogP contribution in [0.2, 0.25) is 0 Å². The Morgan fingerprint density at radius 2 is 0.807 bits per heavy atom. The Balaban J connectivity index is 1.08. The molecule has 57 heavy (non-hydrogen) atoms. The van der Waals surface area contributed by atoms with Crippen LogP contribution in [-0.4, -0.2) is 24.1 Å². The van der Waals surface area contributed by atoms with Crippen molar-refractivity contribution in [3.8, 4) is 45.5 Å². The quantitative estimate of drug-likeness (QED) is 0.177. The van der Waals surface area contributed by atoms with Gasteiger partial charge in [-0.05, 0) is 54.6 Å². The third-order valence-electron chi connectivity index (χ3n) is 11.2. The lowest BCUT2D eigenvalue weighted by atomic mass is 10.1. The molecule has 0 unspecified atom stereocenters. The van der Waals surface area contributed by atoms with Gasteiger partial charge in [0.2, 0.25) is 0 Å². The maximum Gasteiger partial charge on any atom is 0.164 e. The lowest BCUT2D eigenvalue weighted by Crippen LogP contribution is -2.00. The maximum absolute atomic E-state index is 6.65. The molecule has 0 atom stereocenters. The van der Waals surface area contributed by atoms with Gasteiger partial charge in [0.25, 0.3) is 0 Å². The molecule has 0 saturated carbocycles. The molecule has 0 radical (unpaired) electrons. The van der Waals surface area contributed by atoms with Gasteiger partial charge in [0, 0.05) is 66.4 Å². The highest BCUT2D eigenvalue weighted by Gasteiger charge is 2.20. The second-order valence-electron chi connectivity index (χ2n) is 14.5. The van der Waals surface area contributed by atoms with Crippen molar-refractivity contribution in [2.24, 2.45) is 0 Å². The van der Waals surface area contributed by atoms with E-state index in [0.717, 1.165) is 71.8 Å². The van der Waals surface area contributed by atoms with Crippen LogP contribution in [0.25, 0.3) is 111 Å². The van der Waals surface area contributed by atoms with Gasteiger partial charge in [0.05, 0.1) is 22.1 Å². The van der Waals surface area contributed by atoms with Gasteiger partial charge in [-0.1, -0.05) is 127 Å². The normalized spacial score (nSPS) is 11.9. The van der Waals surface area contributed by atoms with Crippen LogP contribution < -0.4 is 0 Å². The van der Waals surface area contributed by atoms with E-state index >= 15 is 0 Å². The van der Waals surface area contributed by atoms with Crippen LogP contribution in [0.4, 0.5) is 0 Å². The zero-order valence-electron chi connectivity index (χ0n) is 30.5. The van der Waals surface area contributed by atoms with Gasteiger partial charge in [0.1, 0.15) is 11.2 Å². The van der Waals surface area contributed by atoms with Gasteiger partial charge in [-0.25, -0.2) is 15.0 Å². The highest BCUT2D eigenvalue weighted by Crippen LogP contribution is 2.41. The second kappa shape index (κ2) is 12.3. The lowest BCUT2D eigenvalue weighted by Gasteiger charge is -2.10. The van der Waals surface area contributed by atoms with Crippen LogP contribution in [0.15, 0.2) is 192 Å². The van der Waals surface area contributed by atoms with E-state index in [0.29, 0.717) is 17.5 Å². The fraction of sp³-hybridized carbons (Fsp3) is 0. The number of para-hydroxylation sites is 3. The molecule has 6 heteroatoms. The topological polar surface area (TPSA) is 61.7 Å². The largest absolute Gasteiger partial charge is 0.456 e. The molecule has 0 aliphatic carbocycles. The predicted octanol–water partition coefficient (Wildman–Crippen LogP) is 13.0. The van der Waals surface area contributed by atoms with Crippen molar-refractivity contribution < 1.29 is 4.42 Å². The molecule has 0 spiro atoms. The maximum atomic E-state index is 6.65. The summed E-state index contributed by atoms with van der Waals surface area (Å²) in [6, 6.07) is 65.6. The van der Waals surface area contributed by atoms with E-state index in [9.17, 15) is 0 Å². The minimum atomic E-state index is 0.617. The van der Waals surface area contributed by atoms with E-state index in [1.54, 1.807) is 0 Å². The lowest BCUT2D eigenvalue weighted by molar-refractivity contribution is 0.669. The zero-order valence-corrected chi connectivity index (χ0v) is 30.5. The van der Waals surface area contributed by atoms with Crippen molar-refractivity contribution in [1.82, 2.24) is 24.1 Å². The Bertz CT molecular complexity index is 3400. The molecule has 6 nitrogen and oxygen atoms in total. The van der Waals surface area contributed by atoms with Crippen LogP contribution in [0.5, 0.6) is 0 Å². The van der Waals surface area contributed by atoms with Gasteiger partial charge in [-0.3, -0.25) is 0 Å². The number of hydrogen-bond donors (Lipinski definition) is 0. The van der Waals surface area contributed by atoms with E-state index in [-0.39, 0.29) is 0 Å². The third kappa shape index (κ3) is 4.94. The molecular formula is C51H31N5O. The first-order valence-electron chi connectivity index (χ1n) is 19.1. The number of furan rings is 1. The molecule has 266 valence electrons. The predicted molar refractivity (Wildman–Crippen MR) is 232 cm³/mol. The molecule has 0 aliphatic heterocycles. The number of rotatable bonds is 5. The summed E-state index contributed by atoms with van der Waals surface area (Å²) < 4.78 is 11.3. The second-order valence-corrected chi connectivity index (χ2v) is 14.5. The van der Waals surface area contributed by atoms with Crippen LogP contribution in [0.3, 0.4) is 0 Å². The summed E-state index contributed by atoms with van der Waals surface area (Å²) >= 11 is 0. The average molecular weight is 730 g/mol. The fourth-order valence-electron chi connectivity index (χ4n) is 8.55. The molecule has 0 bridgehead atoms. The number of nitrogens with zero attached hydrogens (tertiary/aromatic N) is 5. The van der Waals surface area contributed by atoms with E-state index in [1.807, 2.05) is 60.7 Å². The fourth-order valence-corrected chi connectivity index (χ4v) is 8.55. The molecule has 0 N–H and O–H groups in total. The van der Waals surface area contributed by atoms with Crippen molar-refractivity contribution in [3.63, 3.8) is 0 Å². The summed E-state index contributed by atoms with van der Waals surface area (Å²) in [4.78, 5) is 15.0. The van der Waals surface area contributed by atoms with Gasteiger partial charge >= 0.3 is 0 Å². The Hall–Kier alpha value is -7.83. The number of fused-ring (bicyclic) bond motifs is 9. The highest BCUT2D eigenvalue weighted by atomic mass is 16.3. The summed E-state index contributed by atoms with van der Waals surface area (Å²) in [7, 11) is 0. The van der Waals surface area contributed by atoms with E-state index in [4.69, 9.17) is 19.4 Å². The van der Waals surface area contributed by atoms with Gasteiger partial charge < -0.3 is 13.6 Å². The minimum Gasteiger partial charge on any atom is -0.456 e. The zero-order chi connectivity index (χ0) is 37.5. The summed E-state index contributed by atoms with van der Waals surface area (Å²) in [5.74, 6) is 1.89. The molecule has 4 aromatic heterocycles. The molecule has 0 aliphatic rings.